The van der Waals surface area contributed by atoms with Crippen molar-refractivity contribution in [1.29, 1.82) is 0 Å². The number of nitrogens with two attached hydrogens (primary N) is 1. The number of carbonyl (C=O) groups is 1. The Morgan fingerprint density at radius 3 is 2.40 bits per heavy atom. The highest BCUT2D eigenvalue weighted by Gasteiger charge is 2.09. The molecule has 156 valence electrons. The quantitative estimate of drug-likeness (QED) is 0.426. The molecular formula is C21H25N7O2. The summed E-state index contributed by atoms with van der Waals surface area (Å²) in [5, 5.41) is 9.53. The lowest BCUT2D eigenvalue weighted by Gasteiger charge is -2.13. The number of hydrogen-bond donors (Lipinski definition) is 4. The summed E-state index contributed by atoms with van der Waals surface area (Å²) in [5.74, 6) is 1.55. The molecule has 0 saturated heterocycles. The average molecular weight is 407 g/mol. The summed E-state index contributed by atoms with van der Waals surface area (Å²) in [6, 6.07) is 14.7. The summed E-state index contributed by atoms with van der Waals surface area (Å²) >= 11 is 0. The van der Waals surface area contributed by atoms with Gasteiger partial charge in [0.15, 0.2) is 0 Å². The molecule has 2 aromatic carbocycles. The van der Waals surface area contributed by atoms with Crippen molar-refractivity contribution in [3.8, 4) is 5.75 Å². The van der Waals surface area contributed by atoms with Gasteiger partial charge in [0, 0.05) is 23.8 Å². The zero-order valence-corrected chi connectivity index (χ0v) is 17.1. The highest BCUT2D eigenvalue weighted by Crippen LogP contribution is 2.18. The number of carbonyl (C=O) groups excluding carboxylic acids is 1. The molecule has 0 unspecified atom stereocenters. The maximum atomic E-state index is 11.2. The largest absolute Gasteiger partial charge is 0.497 e. The number of aromatic nitrogens is 3. The molecule has 0 fully saturated rings. The van der Waals surface area contributed by atoms with Crippen molar-refractivity contribution in [2.75, 3.05) is 23.1 Å². The van der Waals surface area contributed by atoms with Gasteiger partial charge in [-0.15, -0.1) is 0 Å². The molecule has 9 heteroatoms. The molecule has 0 aliphatic heterocycles. The van der Waals surface area contributed by atoms with E-state index in [0.29, 0.717) is 30.0 Å². The highest BCUT2D eigenvalue weighted by atomic mass is 16.5. The summed E-state index contributed by atoms with van der Waals surface area (Å²) in [6.07, 6.45) is 0. The number of nitrogens with zero attached hydrogens (tertiary/aromatic N) is 3. The van der Waals surface area contributed by atoms with Crippen LogP contribution in [0.1, 0.15) is 29.8 Å². The summed E-state index contributed by atoms with van der Waals surface area (Å²) in [7, 11) is 1.64. The van der Waals surface area contributed by atoms with Gasteiger partial charge in [0.1, 0.15) is 5.75 Å². The van der Waals surface area contributed by atoms with E-state index in [2.05, 4.69) is 30.9 Å². The second-order valence-corrected chi connectivity index (χ2v) is 6.88. The fraction of sp³-hybridized carbons (Fsp3) is 0.238. The van der Waals surface area contributed by atoms with Crippen LogP contribution in [-0.4, -0.2) is 34.0 Å². The molecule has 0 saturated carbocycles. The standard InChI is InChI=1S/C21H25N7O2/c1-13(2)24-20-26-19(23-12-14-5-4-6-17(11-14)30-3)27-21(28-20)25-16-9-7-15(8-10-16)18(22)29/h4-11,13H,12H2,1-3H3,(H2,22,29)(H3,23,24,25,26,27,28). The molecule has 0 bridgehead atoms. The number of hydrogen-bond acceptors (Lipinski definition) is 8. The van der Waals surface area contributed by atoms with Crippen LogP contribution in [0.4, 0.5) is 23.5 Å². The molecule has 0 aliphatic carbocycles. The van der Waals surface area contributed by atoms with E-state index >= 15 is 0 Å². The van der Waals surface area contributed by atoms with E-state index in [0.717, 1.165) is 17.0 Å². The van der Waals surface area contributed by atoms with Gasteiger partial charge in [0.2, 0.25) is 23.8 Å². The van der Waals surface area contributed by atoms with Gasteiger partial charge >= 0.3 is 0 Å². The van der Waals surface area contributed by atoms with E-state index in [4.69, 9.17) is 10.5 Å². The number of amides is 1. The van der Waals surface area contributed by atoms with Gasteiger partial charge in [-0.3, -0.25) is 4.79 Å². The molecule has 1 aromatic heterocycles. The van der Waals surface area contributed by atoms with Crippen LogP contribution in [0.5, 0.6) is 5.75 Å². The summed E-state index contributed by atoms with van der Waals surface area (Å²) < 4.78 is 5.26. The number of nitrogens with one attached hydrogen (secondary N) is 3. The molecule has 0 aliphatic rings. The minimum absolute atomic E-state index is 0.154. The smallest absolute Gasteiger partial charge is 0.248 e. The zero-order valence-electron chi connectivity index (χ0n) is 17.1. The van der Waals surface area contributed by atoms with E-state index in [-0.39, 0.29) is 6.04 Å². The summed E-state index contributed by atoms with van der Waals surface area (Å²) in [6.45, 7) is 4.53. The third kappa shape index (κ3) is 5.81. The van der Waals surface area contributed by atoms with Crippen LogP contribution in [0.2, 0.25) is 0 Å². The second-order valence-electron chi connectivity index (χ2n) is 6.88. The normalized spacial score (nSPS) is 10.5. The summed E-state index contributed by atoms with van der Waals surface area (Å²) in [4.78, 5) is 24.5. The van der Waals surface area contributed by atoms with Gasteiger partial charge in [0.05, 0.1) is 7.11 Å². The first-order chi connectivity index (χ1) is 14.4. The fourth-order valence-corrected chi connectivity index (χ4v) is 2.64. The van der Waals surface area contributed by atoms with Gasteiger partial charge in [0.25, 0.3) is 0 Å². The number of anilines is 4. The predicted octanol–water partition coefficient (Wildman–Crippen LogP) is 3.16. The number of rotatable bonds is 9. The minimum atomic E-state index is -0.478. The SMILES string of the molecule is COc1cccc(CNc2nc(Nc3ccc(C(N)=O)cc3)nc(NC(C)C)n2)c1. The first-order valence-corrected chi connectivity index (χ1v) is 9.49. The predicted molar refractivity (Wildman–Crippen MR) is 117 cm³/mol. The van der Waals surface area contributed by atoms with E-state index in [9.17, 15) is 4.79 Å². The van der Waals surface area contributed by atoms with Crippen LogP contribution in [0.15, 0.2) is 48.5 Å². The molecule has 5 N–H and O–H groups in total. The Hall–Kier alpha value is -3.88. The molecule has 9 nitrogen and oxygen atoms in total. The lowest BCUT2D eigenvalue weighted by atomic mass is 10.2. The Morgan fingerprint density at radius 1 is 1.03 bits per heavy atom. The number of primary amides is 1. The van der Waals surface area contributed by atoms with Crippen LogP contribution in [0.3, 0.4) is 0 Å². The van der Waals surface area contributed by atoms with E-state index in [1.807, 2.05) is 38.1 Å². The Bertz CT molecular complexity index is 1010. The van der Waals surface area contributed by atoms with Crippen LogP contribution < -0.4 is 26.4 Å². The Kier molecular flexibility index (Phi) is 6.63. The number of benzene rings is 2. The second kappa shape index (κ2) is 9.55. The number of methoxy groups -OCH3 is 1. The number of ether oxygens (including phenoxy) is 1. The molecule has 0 atom stereocenters. The van der Waals surface area contributed by atoms with Crippen molar-refractivity contribution >= 4 is 29.4 Å². The van der Waals surface area contributed by atoms with Crippen molar-refractivity contribution in [2.45, 2.75) is 26.4 Å². The Balaban J connectivity index is 1.79. The maximum Gasteiger partial charge on any atom is 0.248 e. The molecule has 0 radical (unpaired) electrons. The maximum absolute atomic E-state index is 11.2. The fourth-order valence-electron chi connectivity index (χ4n) is 2.64. The van der Waals surface area contributed by atoms with Crippen LogP contribution in [0, 0.1) is 0 Å². The molecule has 1 amide bonds. The van der Waals surface area contributed by atoms with Gasteiger partial charge in [-0.25, -0.2) is 0 Å². The third-order valence-corrected chi connectivity index (χ3v) is 4.06. The van der Waals surface area contributed by atoms with Crippen molar-refractivity contribution in [1.82, 2.24) is 15.0 Å². The summed E-state index contributed by atoms with van der Waals surface area (Å²) in [5.41, 5.74) is 7.47. The van der Waals surface area contributed by atoms with Crippen molar-refractivity contribution in [2.24, 2.45) is 5.73 Å². The van der Waals surface area contributed by atoms with Crippen LogP contribution in [0.25, 0.3) is 0 Å². The monoisotopic (exact) mass is 407 g/mol. The van der Waals surface area contributed by atoms with Crippen LogP contribution >= 0.6 is 0 Å². The topological polar surface area (TPSA) is 127 Å². The average Bonchev–Trinajstić information content (AvgIpc) is 2.72. The molecule has 0 spiro atoms. The molecule has 3 aromatic rings. The van der Waals surface area contributed by atoms with E-state index in [1.54, 1.807) is 31.4 Å². The lowest BCUT2D eigenvalue weighted by molar-refractivity contribution is 0.100. The highest BCUT2D eigenvalue weighted by molar-refractivity contribution is 5.93. The first kappa shape index (κ1) is 20.8. The molecule has 30 heavy (non-hydrogen) atoms. The van der Waals surface area contributed by atoms with E-state index in [1.165, 1.54) is 0 Å². The third-order valence-electron chi connectivity index (χ3n) is 4.06. The van der Waals surface area contributed by atoms with Crippen molar-refractivity contribution < 1.29 is 9.53 Å². The molecule has 1 heterocycles. The van der Waals surface area contributed by atoms with Crippen molar-refractivity contribution in [3.63, 3.8) is 0 Å². The van der Waals surface area contributed by atoms with Gasteiger partial charge in [-0.2, -0.15) is 15.0 Å². The van der Waals surface area contributed by atoms with Gasteiger partial charge in [-0.05, 0) is 55.8 Å². The minimum Gasteiger partial charge on any atom is -0.497 e. The lowest BCUT2D eigenvalue weighted by Crippen LogP contribution is -2.15. The van der Waals surface area contributed by atoms with Gasteiger partial charge < -0.3 is 26.4 Å². The van der Waals surface area contributed by atoms with Gasteiger partial charge in [-0.1, -0.05) is 12.1 Å². The molecule has 3 rings (SSSR count). The zero-order chi connectivity index (χ0) is 21.5. The van der Waals surface area contributed by atoms with Crippen molar-refractivity contribution in [3.05, 3.63) is 59.7 Å². The molecular weight excluding hydrogens is 382 g/mol. The first-order valence-electron chi connectivity index (χ1n) is 9.49. The van der Waals surface area contributed by atoms with E-state index < -0.39 is 5.91 Å². The Morgan fingerprint density at radius 2 is 1.73 bits per heavy atom. The Labute approximate surface area is 175 Å². The van der Waals surface area contributed by atoms with Crippen LogP contribution in [-0.2, 0) is 6.54 Å².